The summed E-state index contributed by atoms with van der Waals surface area (Å²) >= 11 is 0. The first kappa shape index (κ1) is 20.3. The number of nitrogens with zero attached hydrogens (tertiary/aromatic N) is 1. The zero-order valence-corrected chi connectivity index (χ0v) is 17.9. The van der Waals surface area contributed by atoms with Crippen LogP contribution in [0.2, 0.25) is 0 Å². The van der Waals surface area contributed by atoms with Crippen molar-refractivity contribution in [3.8, 4) is 23.0 Å². The van der Waals surface area contributed by atoms with Crippen molar-refractivity contribution >= 4 is 0 Å². The Morgan fingerprint density at radius 1 is 0.857 bits per heavy atom. The number of ether oxygens (including phenoxy) is 4. The molecule has 152 valence electrons. The monoisotopic (exact) mass is 386 g/mol. The molecule has 0 aliphatic carbocycles. The first-order valence-corrected chi connectivity index (χ1v) is 9.79. The normalized spacial score (nSPS) is 21.0. The highest BCUT2D eigenvalue weighted by molar-refractivity contribution is 5.50. The molecule has 0 N–H and O–H groups in total. The van der Waals surface area contributed by atoms with Crippen LogP contribution in [-0.4, -0.2) is 53.1 Å². The van der Waals surface area contributed by atoms with E-state index >= 15 is 0 Å². The van der Waals surface area contributed by atoms with E-state index in [2.05, 4.69) is 38.2 Å². The fourth-order valence-corrected chi connectivity index (χ4v) is 4.27. The minimum atomic E-state index is 0.339. The highest BCUT2D eigenvalue weighted by Gasteiger charge is 2.38. The van der Waals surface area contributed by atoms with Crippen LogP contribution in [0.4, 0.5) is 0 Å². The molecule has 0 bridgehead atoms. The zero-order chi connectivity index (χ0) is 20.3. The Balaban J connectivity index is 2.05. The molecule has 1 heterocycles. The van der Waals surface area contributed by atoms with Crippen molar-refractivity contribution in [1.82, 2.24) is 0 Å². The van der Waals surface area contributed by atoms with Crippen molar-refractivity contribution in [2.75, 3.05) is 48.6 Å². The predicted octanol–water partition coefficient (Wildman–Crippen LogP) is 4.03. The molecule has 5 heteroatoms. The molecule has 0 spiro atoms. The molecule has 28 heavy (non-hydrogen) atoms. The highest BCUT2D eigenvalue weighted by Crippen LogP contribution is 2.42. The quantitative estimate of drug-likeness (QED) is 0.674. The Hall–Kier alpha value is -2.40. The number of benzene rings is 2. The zero-order valence-electron chi connectivity index (χ0n) is 17.9. The summed E-state index contributed by atoms with van der Waals surface area (Å²) in [5.74, 6) is 3.13. The third-order valence-electron chi connectivity index (χ3n) is 6.25. The van der Waals surface area contributed by atoms with Gasteiger partial charge in [-0.2, -0.15) is 0 Å². The summed E-state index contributed by atoms with van der Waals surface area (Å²) in [6.07, 6.45) is 1.97. The van der Waals surface area contributed by atoms with Gasteiger partial charge in [-0.1, -0.05) is 6.07 Å². The lowest BCUT2D eigenvalue weighted by Gasteiger charge is -2.45. The molecule has 0 fully saturated rings. The number of hydrogen-bond acceptors (Lipinski definition) is 4. The summed E-state index contributed by atoms with van der Waals surface area (Å²) in [4.78, 5) is 0. The van der Waals surface area contributed by atoms with Crippen LogP contribution < -0.4 is 18.9 Å². The Kier molecular flexibility index (Phi) is 6.04. The Morgan fingerprint density at radius 2 is 1.46 bits per heavy atom. The molecule has 0 radical (unpaired) electrons. The van der Waals surface area contributed by atoms with Gasteiger partial charge in [-0.05, 0) is 42.3 Å². The number of rotatable bonds is 7. The average molecular weight is 387 g/mol. The molecule has 2 aromatic rings. The second kappa shape index (κ2) is 8.31. The van der Waals surface area contributed by atoms with E-state index in [1.54, 1.807) is 28.4 Å². The highest BCUT2D eigenvalue weighted by atomic mass is 16.5. The maximum absolute atomic E-state index is 5.60. The van der Waals surface area contributed by atoms with E-state index in [1.165, 1.54) is 16.7 Å². The lowest BCUT2D eigenvalue weighted by atomic mass is 9.86. The van der Waals surface area contributed by atoms with Gasteiger partial charge >= 0.3 is 0 Å². The van der Waals surface area contributed by atoms with E-state index in [-0.39, 0.29) is 0 Å². The maximum atomic E-state index is 5.60. The number of methoxy groups -OCH3 is 4. The van der Waals surface area contributed by atoms with Gasteiger partial charge in [0.05, 0.1) is 48.6 Å². The average Bonchev–Trinajstić information content (AvgIpc) is 2.74. The van der Waals surface area contributed by atoms with Crippen molar-refractivity contribution in [2.24, 2.45) is 0 Å². The van der Waals surface area contributed by atoms with Gasteiger partial charge in [-0.15, -0.1) is 0 Å². The SMILES string of the molecule is CC[N@+]1(C)CCc2cc(OC)c(OC)cc2[C@H]1Cc1ccc(OC)c(OC)c1. The van der Waals surface area contributed by atoms with Crippen LogP contribution in [0.3, 0.4) is 0 Å². The van der Waals surface area contributed by atoms with Crippen molar-refractivity contribution in [3.05, 3.63) is 47.0 Å². The molecule has 2 atom stereocenters. The molecular formula is C23H32NO4+. The van der Waals surface area contributed by atoms with Crippen LogP contribution in [0.15, 0.2) is 30.3 Å². The predicted molar refractivity (Wildman–Crippen MR) is 111 cm³/mol. The molecule has 0 saturated heterocycles. The van der Waals surface area contributed by atoms with E-state index in [4.69, 9.17) is 18.9 Å². The van der Waals surface area contributed by atoms with Gasteiger partial charge in [0.25, 0.3) is 0 Å². The second-order valence-electron chi connectivity index (χ2n) is 7.58. The second-order valence-corrected chi connectivity index (χ2v) is 7.58. The first-order chi connectivity index (χ1) is 13.5. The van der Waals surface area contributed by atoms with E-state index in [0.29, 0.717) is 6.04 Å². The number of fused-ring (bicyclic) bond motifs is 1. The lowest BCUT2D eigenvalue weighted by molar-refractivity contribution is -0.939. The molecule has 0 aromatic heterocycles. The summed E-state index contributed by atoms with van der Waals surface area (Å²) in [5, 5.41) is 0. The molecule has 5 nitrogen and oxygen atoms in total. The van der Waals surface area contributed by atoms with Crippen LogP contribution in [0.1, 0.15) is 29.7 Å². The Bertz CT molecular complexity index is 836. The molecule has 0 amide bonds. The molecule has 0 saturated carbocycles. The van der Waals surface area contributed by atoms with Gasteiger partial charge in [-0.25, -0.2) is 0 Å². The fourth-order valence-electron chi connectivity index (χ4n) is 4.27. The lowest BCUT2D eigenvalue weighted by Crippen LogP contribution is -2.51. The summed E-state index contributed by atoms with van der Waals surface area (Å²) in [7, 11) is 9.09. The van der Waals surface area contributed by atoms with Crippen molar-refractivity contribution < 1.29 is 23.4 Å². The number of hydrogen-bond donors (Lipinski definition) is 0. The summed E-state index contributed by atoms with van der Waals surface area (Å²) < 4.78 is 23.0. The largest absolute Gasteiger partial charge is 0.493 e. The summed E-state index contributed by atoms with van der Waals surface area (Å²) in [5.41, 5.74) is 3.94. The number of quaternary nitrogens is 1. The van der Waals surface area contributed by atoms with Gasteiger partial charge in [0, 0.05) is 18.4 Å². The van der Waals surface area contributed by atoms with Gasteiger partial charge in [0.1, 0.15) is 6.04 Å². The van der Waals surface area contributed by atoms with Crippen molar-refractivity contribution in [3.63, 3.8) is 0 Å². The van der Waals surface area contributed by atoms with E-state index in [0.717, 1.165) is 53.4 Å². The minimum absolute atomic E-state index is 0.339. The minimum Gasteiger partial charge on any atom is -0.493 e. The maximum Gasteiger partial charge on any atom is 0.161 e. The van der Waals surface area contributed by atoms with Crippen molar-refractivity contribution in [2.45, 2.75) is 25.8 Å². The topological polar surface area (TPSA) is 36.9 Å². The molecule has 1 aliphatic rings. The van der Waals surface area contributed by atoms with Crippen molar-refractivity contribution in [1.29, 1.82) is 0 Å². The number of likely N-dealkylation sites (N-methyl/N-ethyl adjacent to an activating group) is 1. The summed E-state index contributed by atoms with van der Waals surface area (Å²) in [6, 6.07) is 10.9. The standard InChI is InChI=1S/C23H32NO4/c1-7-24(2)11-10-17-14-22(27-5)23(28-6)15-18(17)19(24)12-16-8-9-20(25-3)21(13-16)26-4/h8-9,13-15,19H,7,10-12H2,1-6H3/q+1/t19-,24-/m1/s1. The van der Waals surface area contributed by atoms with Crippen LogP contribution in [0.5, 0.6) is 23.0 Å². The van der Waals surface area contributed by atoms with E-state index in [9.17, 15) is 0 Å². The molecular weight excluding hydrogens is 354 g/mol. The Labute approximate surface area is 168 Å². The van der Waals surface area contributed by atoms with E-state index in [1.807, 2.05) is 6.07 Å². The smallest absolute Gasteiger partial charge is 0.161 e. The van der Waals surface area contributed by atoms with E-state index < -0.39 is 0 Å². The van der Waals surface area contributed by atoms with Gasteiger partial charge in [0.2, 0.25) is 0 Å². The van der Waals surface area contributed by atoms with Gasteiger partial charge in [-0.3, -0.25) is 0 Å². The van der Waals surface area contributed by atoms with Gasteiger partial charge in [0.15, 0.2) is 23.0 Å². The van der Waals surface area contributed by atoms with Gasteiger partial charge < -0.3 is 23.4 Å². The Morgan fingerprint density at radius 3 is 2.07 bits per heavy atom. The van der Waals surface area contributed by atoms with Crippen LogP contribution in [-0.2, 0) is 12.8 Å². The molecule has 3 rings (SSSR count). The molecule has 1 aliphatic heterocycles. The fraction of sp³-hybridized carbons (Fsp3) is 0.478. The van der Waals surface area contributed by atoms with Crippen LogP contribution in [0, 0.1) is 0 Å². The molecule has 0 unspecified atom stereocenters. The molecule has 2 aromatic carbocycles. The first-order valence-electron chi connectivity index (χ1n) is 9.79. The van der Waals surface area contributed by atoms with Crippen LogP contribution in [0.25, 0.3) is 0 Å². The third kappa shape index (κ3) is 3.63. The third-order valence-corrected chi connectivity index (χ3v) is 6.25. The van der Waals surface area contributed by atoms with Crippen LogP contribution >= 0.6 is 0 Å². The summed E-state index contributed by atoms with van der Waals surface area (Å²) in [6.45, 7) is 4.45.